The Kier molecular flexibility index (Phi) is 6.89. The summed E-state index contributed by atoms with van der Waals surface area (Å²) in [4.78, 5) is 46.1. The number of aliphatic carboxylic acids is 1. The van der Waals surface area contributed by atoms with E-state index in [1.54, 1.807) is 26.6 Å². The molecule has 0 unspecified atom stereocenters. The molecule has 1 saturated heterocycles. The van der Waals surface area contributed by atoms with Crippen molar-refractivity contribution in [2.75, 3.05) is 19.6 Å². The Balaban J connectivity index is 1.41. The number of carbonyl (C=O) groups excluding carboxylic acids is 2. The molecule has 212 valence electrons. The molecule has 0 atom stereocenters. The van der Waals surface area contributed by atoms with E-state index in [1.807, 2.05) is 40.7 Å². The van der Waals surface area contributed by atoms with Crippen molar-refractivity contribution in [1.82, 2.24) is 24.4 Å². The number of aromatic nitrogens is 3. The number of piperazine rings is 1. The fourth-order valence-electron chi connectivity index (χ4n) is 5.57. The van der Waals surface area contributed by atoms with E-state index < -0.39 is 23.2 Å². The number of halogens is 2. The molecular formula is C29H33ClFN5O4. The van der Waals surface area contributed by atoms with Crippen molar-refractivity contribution >= 4 is 35.0 Å². The number of benzene rings is 1. The third kappa shape index (κ3) is 5.05. The predicted molar refractivity (Wildman–Crippen MR) is 148 cm³/mol. The highest BCUT2D eigenvalue weighted by molar-refractivity contribution is 6.31. The molecule has 5 rings (SSSR count). The van der Waals surface area contributed by atoms with Crippen LogP contribution in [0.4, 0.5) is 4.39 Å². The maximum absolute atomic E-state index is 13.8. The Labute approximate surface area is 236 Å². The lowest BCUT2D eigenvalue weighted by atomic mass is 9.74. The molecule has 0 bridgehead atoms. The number of hydrogen-bond donors (Lipinski definition) is 1. The lowest BCUT2D eigenvalue weighted by molar-refractivity contribution is -0.153. The number of carboxylic acids is 1. The second-order valence-electron chi connectivity index (χ2n) is 12.4. The van der Waals surface area contributed by atoms with Gasteiger partial charge in [0.25, 0.3) is 5.91 Å². The third-order valence-corrected chi connectivity index (χ3v) is 8.25. The summed E-state index contributed by atoms with van der Waals surface area (Å²) in [6.45, 7) is 11.0. The Morgan fingerprint density at radius 2 is 1.80 bits per heavy atom. The monoisotopic (exact) mass is 569 g/mol. The lowest BCUT2D eigenvalue weighted by Gasteiger charge is -2.48. The van der Waals surface area contributed by atoms with E-state index in [9.17, 15) is 18.8 Å². The van der Waals surface area contributed by atoms with Gasteiger partial charge in [0, 0.05) is 36.7 Å². The van der Waals surface area contributed by atoms with Gasteiger partial charge in [-0.3, -0.25) is 14.4 Å². The topological polar surface area (TPSA) is 108 Å². The quantitative estimate of drug-likeness (QED) is 0.489. The van der Waals surface area contributed by atoms with Crippen LogP contribution in [0.25, 0.3) is 16.9 Å². The van der Waals surface area contributed by atoms with Gasteiger partial charge in [-0.15, -0.1) is 0 Å². The van der Waals surface area contributed by atoms with Crippen molar-refractivity contribution in [2.45, 2.75) is 58.4 Å². The zero-order chi connectivity index (χ0) is 29.1. The van der Waals surface area contributed by atoms with Crippen molar-refractivity contribution in [2.24, 2.45) is 11.8 Å². The van der Waals surface area contributed by atoms with Crippen LogP contribution in [0.15, 0.2) is 30.5 Å². The molecule has 1 aliphatic heterocycles. The van der Waals surface area contributed by atoms with E-state index >= 15 is 0 Å². The minimum Gasteiger partial charge on any atom is -0.481 e. The Morgan fingerprint density at radius 3 is 2.40 bits per heavy atom. The molecule has 0 spiro atoms. The highest BCUT2D eigenvalue weighted by Crippen LogP contribution is 2.37. The van der Waals surface area contributed by atoms with Gasteiger partial charge in [-0.2, -0.15) is 5.10 Å². The largest absolute Gasteiger partial charge is 0.481 e. The molecule has 2 amide bonds. The number of carboxylic acid groups (broad SMARTS) is 1. The zero-order valence-electron chi connectivity index (χ0n) is 23.2. The Hall–Kier alpha value is -3.53. The molecule has 2 aromatic heterocycles. The van der Waals surface area contributed by atoms with Gasteiger partial charge in [0.2, 0.25) is 5.91 Å². The van der Waals surface area contributed by atoms with E-state index in [1.165, 1.54) is 12.1 Å². The molecule has 1 aliphatic carbocycles. The summed E-state index contributed by atoms with van der Waals surface area (Å²) in [5, 5.41) is 13.8. The zero-order valence-corrected chi connectivity index (χ0v) is 24.0. The molecule has 1 saturated carbocycles. The molecule has 2 fully saturated rings. The summed E-state index contributed by atoms with van der Waals surface area (Å²) >= 11 is 6.03. The minimum absolute atomic E-state index is 0.00271. The van der Waals surface area contributed by atoms with Crippen LogP contribution in [0.2, 0.25) is 5.02 Å². The number of hydrogen-bond acceptors (Lipinski definition) is 5. The van der Waals surface area contributed by atoms with Crippen molar-refractivity contribution in [1.29, 1.82) is 0 Å². The smallest absolute Gasteiger partial charge is 0.306 e. The van der Waals surface area contributed by atoms with E-state index in [0.29, 0.717) is 49.4 Å². The van der Waals surface area contributed by atoms with Gasteiger partial charge in [-0.1, -0.05) is 32.4 Å². The van der Waals surface area contributed by atoms with E-state index in [2.05, 4.69) is 5.10 Å². The first-order valence-corrected chi connectivity index (χ1v) is 13.7. The van der Waals surface area contributed by atoms with E-state index in [0.717, 1.165) is 5.56 Å². The number of rotatable bonds is 4. The first kappa shape index (κ1) is 28.0. The van der Waals surface area contributed by atoms with Crippen molar-refractivity contribution in [3.8, 4) is 11.3 Å². The molecule has 3 aromatic rings. The summed E-state index contributed by atoms with van der Waals surface area (Å²) in [5.74, 6) is -2.40. The number of carbonyl (C=O) groups is 3. The highest BCUT2D eigenvalue weighted by Gasteiger charge is 2.45. The number of amides is 2. The third-order valence-electron chi connectivity index (χ3n) is 7.96. The lowest BCUT2D eigenvalue weighted by Crippen LogP contribution is -2.63. The van der Waals surface area contributed by atoms with Gasteiger partial charge >= 0.3 is 5.97 Å². The van der Waals surface area contributed by atoms with Gasteiger partial charge in [-0.25, -0.2) is 13.9 Å². The first-order chi connectivity index (χ1) is 18.7. The summed E-state index contributed by atoms with van der Waals surface area (Å²) in [7, 11) is 0. The van der Waals surface area contributed by atoms with Crippen LogP contribution in [0, 0.1) is 17.7 Å². The van der Waals surface area contributed by atoms with Crippen LogP contribution in [0.3, 0.4) is 0 Å². The molecule has 11 heteroatoms. The maximum Gasteiger partial charge on any atom is 0.306 e. The van der Waals surface area contributed by atoms with Crippen molar-refractivity contribution in [3.05, 3.63) is 52.6 Å². The summed E-state index contributed by atoms with van der Waals surface area (Å²) in [5.41, 5.74) is 1.88. The average molecular weight is 570 g/mol. The Bertz CT molecular complexity index is 1520. The van der Waals surface area contributed by atoms with E-state index in [-0.39, 0.29) is 33.9 Å². The number of imidazole rings is 1. The molecule has 2 aliphatic rings. The standard InChI is InChI=1S/C29H33ClFN5O4/c1-28(2,3)19-13-22(16-6-7-21(31)20(30)12-16)33-36-14-23(32-24(19)36)26(38)35-9-8-34(15-29(35,4)5)25(37)17-10-18(11-17)27(39)40/h6-7,12-14,17-18H,8-11,15H2,1-5H3,(H,39,40). The van der Waals surface area contributed by atoms with E-state index in [4.69, 9.17) is 21.7 Å². The van der Waals surface area contributed by atoms with Gasteiger partial charge in [0.1, 0.15) is 11.5 Å². The van der Waals surface area contributed by atoms with Crippen molar-refractivity contribution < 1.29 is 23.9 Å². The fraction of sp³-hybridized carbons (Fsp3) is 0.483. The second-order valence-corrected chi connectivity index (χ2v) is 12.9. The summed E-state index contributed by atoms with van der Waals surface area (Å²) in [6.07, 6.45) is 2.34. The van der Waals surface area contributed by atoms with Gasteiger partial charge in [-0.05, 0) is 56.4 Å². The predicted octanol–water partition coefficient (Wildman–Crippen LogP) is 4.66. The number of fused-ring (bicyclic) bond motifs is 1. The average Bonchev–Trinajstić information content (AvgIpc) is 3.26. The van der Waals surface area contributed by atoms with Crippen LogP contribution >= 0.6 is 11.6 Å². The van der Waals surface area contributed by atoms with Gasteiger partial charge in [0.15, 0.2) is 5.65 Å². The van der Waals surface area contributed by atoms with Gasteiger partial charge < -0.3 is 14.9 Å². The second kappa shape index (κ2) is 9.83. The highest BCUT2D eigenvalue weighted by atomic mass is 35.5. The molecule has 3 heterocycles. The van der Waals surface area contributed by atoms with Crippen molar-refractivity contribution in [3.63, 3.8) is 0 Å². The normalized spacial score (nSPS) is 20.9. The van der Waals surface area contributed by atoms with Crippen LogP contribution in [0.1, 0.15) is 63.5 Å². The molecule has 1 aromatic carbocycles. The first-order valence-electron chi connectivity index (χ1n) is 13.4. The molecule has 0 radical (unpaired) electrons. The number of nitrogens with zero attached hydrogens (tertiary/aromatic N) is 5. The van der Waals surface area contributed by atoms with Crippen LogP contribution < -0.4 is 0 Å². The van der Waals surface area contributed by atoms with Gasteiger partial charge in [0.05, 0.1) is 28.4 Å². The maximum atomic E-state index is 13.8. The van der Waals surface area contributed by atoms with Crippen LogP contribution in [0.5, 0.6) is 0 Å². The fourth-order valence-corrected chi connectivity index (χ4v) is 5.75. The van der Waals surface area contributed by atoms with Crippen LogP contribution in [-0.2, 0) is 15.0 Å². The summed E-state index contributed by atoms with van der Waals surface area (Å²) in [6, 6.07) is 6.32. The molecule has 1 N–H and O–H groups in total. The Morgan fingerprint density at radius 1 is 1.10 bits per heavy atom. The minimum atomic E-state index is -0.857. The molecule has 40 heavy (non-hydrogen) atoms. The SMILES string of the molecule is CC(C)(C)c1cc(-c2ccc(F)c(Cl)c2)nn2cc(C(=O)N3CCN(C(=O)C4CC(C(=O)O)C4)CC3(C)C)nc12. The van der Waals surface area contributed by atoms with Crippen LogP contribution in [-0.4, -0.2) is 72.5 Å². The molecular weight excluding hydrogens is 537 g/mol. The summed E-state index contributed by atoms with van der Waals surface area (Å²) < 4.78 is 15.4. The molecule has 9 nitrogen and oxygen atoms in total.